The number of amides is 2. The van der Waals surface area contributed by atoms with E-state index in [0.29, 0.717) is 4.60 Å². The van der Waals surface area contributed by atoms with Crippen molar-refractivity contribution in [3.8, 4) is 5.75 Å². The molecule has 27 heavy (non-hydrogen) atoms. The number of aryl methyl sites for hydroxylation is 1. The Morgan fingerprint density at radius 2 is 1.93 bits per heavy atom. The Hall–Kier alpha value is -2.55. The van der Waals surface area contributed by atoms with Gasteiger partial charge in [-0.1, -0.05) is 26.0 Å². The van der Waals surface area contributed by atoms with Crippen LogP contribution >= 0.6 is 15.9 Å². The molecule has 0 aliphatic rings. The molecular formula is C18H24BrN5O3. The maximum absolute atomic E-state index is 12.4. The van der Waals surface area contributed by atoms with E-state index in [1.165, 1.54) is 4.68 Å². The van der Waals surface area contributed by atoms with Crippen LogP contribution in [-0.4, -0.2) is 35.2 Å². The van der Waals surface area contributed by atoms with Crippen LogP contribution in [0.15, 0.2) is 28.9 Å². The van der Waals surface area contributed by atoms with Gasteiger partial charge in [0.1, 0.15) is 21.7 Å². The Labute approximate surface area is 166 Å². The number of ether oxygens (including phenoxy) is 1. The van der Waals surface area contributed by atoms with Crippen molar-refractivity contribution in [3.05, 3.63) is 40.0 Å². The van der Waals surface area contributed by atoms with Crippen molar-refractivity contribution in [2.75, 3.05) is 19.4 Å². The van der Waals surface area contributed by atoms with Crippen molar-refractivity contribution < 1.29 is 14.3 Å². The number of rotatable bonds is 7. The van der Waals surface area contributed by atoms with E-state index >= 15 is 0 Å². The number of nitrogens with one attached hydrogen (secondary N) is 2. The smallest absolute Gasteiger partial charge is 0.258 e. The number of nitrogens with zero attached hydrogens (tertiary/aromatic N) is 2. The second-order valence-corrected chi connectivity index (χ2v) is 7.17. The largest absolute Gasteiger partial charge is 0.497 e. The van der Waals surface area contributed by atoms with Gasteiger partial charge in [0.25, 0.3) is 5.91 Å². The molecule has 8 nitrogen and oxygen atoms in total. The Bertz CT molecular complexity index is 817. The van der Waals surface area contributed by atoms with Gasteiger partial charge in [-0.15, -0.1) is 0 Å². The molecule has 0 aliphatic carbocycles. The molecule has 0 bridgehead atoms. The monoisotopic (exact) mass is 437 g/mol. The molecule has 0 spiro atoms. The molecule has 2 aromatic rings. The summed E-state index contributed by atoms with van der Waals surface area (Å²) >= 11 is 3.19. The van der Waals surface area contributed by atoms with Gasteiger partial charge in [0.05, 0.1) is 19.7 Å². The van der Waals surface area contributed by atoms with E-state index < -0.39 is 5.91 Å². The zero-order chi connectivity index (χ0) is 20.1. The molecule has 2 rings (SSSR count). The normalized spacial score (nSPS) is 11.9. The van der Waals surface area contributed by atoms with Crippen LogP contribution in [-0.2, 0) is 11.8 Å². The molecule has 0 radical (unpaired) electrons. The third-order valence-electron chi connectivity index (χ3n) is 4.14. The molecule has 1 heterocycles. The Morgan fingerprint density at radius 1 is 1.30 bits per heavy atom. The van der Waals surface area contributed by atoms with Gasteiger partial charge in [-0.25, -0.2) is 0 Å². The van der Waals surface area contributed by atoms with Gasteiger partial charge in [0.15, 0.2) is 0 Å². The van der Waals surface area contributed by atoms with Crippen LogP contribution in [0, 0.1) is 5.92 Å². The van der Waals surface area contributed by atoms with Crippen molar-refractivity contribution in [3.63, 3.8) is 0 Å². The van der Waals surface area contributed by atoms with Crippen molar-refractivity contribution in [1.29, 1.82) is 0 Å². The van der Waals surface area contributed by atoms with Crippen LogP contribution in [0.25, 0.3) is 0 Å². The zero-order valence-electron chi connectivity index (χ0n) is 15.7. The first-order valence-corrected chi connectivity index (χ1v) is 9.23. The van der Waals surface area contributed by atoms with Crippen LogP contribution in [0.5, 0.6) is 5.75 Å². The quantitative estimate of drug-likeness (QED) is 0.613. The third-order valence-corrected chi connectivity index (χ3v) is 4.70. The number of benzene rings is 1. The molecule has 0 aliphatic heterocycles. The van der Waals surface area contributed by atoms with Crippen molar-refractivity contribution in [1.82, 2.24) is 20.4 Å². The van der Waals surface area contributed by atoms with E-state index in [9.17, 15) is 9.59 Å². The molecule has 1 aromatic carbocycles. The summed E-state index contributed by atoms with van der Waals surface area (Å²) in [5.74, 6) is 0.378. The van der Waals surface area contributed by atoms with E-state index in [2.05, 4.69) is 31.7 Å². The highest BCUT2D eigenvalue weighted by Gasteiger charge is 2.22. The standard InChI is InChI=1S/C18H24BrN5O3/c1-10(2)15(11-5-7-12(27-4)8-6-11)22-13(25)9-21-18(26)14-16(19)23-24(3)17(14)20/h5-8,10,15H,9,20H2,1-4H3,(H,21,26)(H,22,25)/t15-/m0/s1. The van der Waals surface area contributed by atoms with Gasteiger partial charge in [-0.2, -0.15) is 5.10 Å². The topological polar surface area (TPSA) is 111 Å². The fourth-order valence-electron chi connectivity index (χ4n) is 2.63. The molecule has 2 amide bonds. The van der Waals surface area contributed by atoms with E-state index in [0.717, 1.165) is 11.3 Å². The number of hydrogen-bond donors (Lipinski definition) is 3. The summed E-state index contributed by atoms with van der Waals surface area (Å²) in [5.41, 5.74) is 7.00. The molecule has 0 saturated heterocycles. The summed E-state index contributed by atoms with van der Waals surface area (Å²) in [6.07, 6.45) is 0. The maximum Gasteiger partial charge on any atom is 0.258 e. The van der Waals surface area contributed by atoms with Crippen LogP contribution in [0.2, 0.25) is 0 Å². The summed E-state index contributed by atoms with van der Waals surface area (Å²) in [4.78, 5) is 24.6. The lowest BCUT2D eigenvalue weighted by atomic mass is 9.96. The van der Waals surface area contributed by atoms with Crippen LogP contribution in [0.3, 0.4) is 0 Å². The second-order valence-electron chi connectivity index (χ2n) is 6.42. The summed E-state index contributed by atoms with van der Waals surface area (Å²) in [6.45, 7) is 3.86. The number of anilines is 1. The average molecular weight is 438 g/mol. The highest BCUT2D eigenvalue weighted by molar-refractivity contribution is 9.10. The number of carbonyl (C=O) groups is 2. The Kier molecular flexibility index (Phi) is 6.84. The molecule has 146 valence electrons. The predicted molar refractivity (Wildman–Crippen MR) is 106 cm³/mol. The number of nitrogens with two attached hydrogens (primary N) is 1. The molecule has 1 atom stereocenters. The second kappa shape index (κ2) is 8.90. The summed E-state index contributed by atoms with van der Waals surface area (Å²) in [6, 6.07) is 7.34. The van der Waals surface area contributed by atoms with E-state index in [1.54, 1.807) is 14.2 Å². The molecule has 0 saturated carbocycles. The van der Waals surface area contributed by atoms with Crippen molar-refractivity contribution in [2.45, 2.75) is 19.9 Å². The number of aromatic nitrogens is 2. The van der Waals surface area contributed by atoms with Gasteiger partial charge < -0.3 is 21.1 Å². The van der Waals surface area contributed by atoms with Gasteiger partial charge >= 0.3 is 0 Å². The highest BCUT2D eigenvalue weighted by atomic mass is 79.9. The van der Waals surface area contributed by atoms with Gasteiger partial charge in [0, 0.05) is 7.05 Å². The first kappa shape index (κ1) is 20.8. The number of carbonyl (C=O) groups excluding carboxylic acids is 2. The Balaban J connectivity index is 2.00. The molecule has 0 fully saturated rings. The summed E-state index contributed by atoms with van der Waals surface area (Å²) in [5, 5.41) is 9.55. The first-order valence-electron chi connectivity index (χ1n) is 8.44. The minimum Gasteiger partial charge on any atom is -0.497 e. The fraction of sp³-hybridized carbons (Fsp3) is 0.389. The lowest BCUT2D eigenvalue weighted by Gasteiger charge is -2.23. The SMILES string of the molecule is COc1ccc([C@@H](NC(=O)CNC(=O)c2c(Br)nn(C)c2N)C(C)C)cc1. The first-order chi connectivity index (χ1) is 12.7. The van der Waals surface area contributed by atoms with E-state index in [4.69, 9.17) is 10.5 Å². The lowest BCUT2D eigenvalue weighted by Crippen LogP contribution is -2.40. The number of methoxy groups -OCH3 is 1. The van der Waals surface area contributed by atoms with Crippen LogP contribution in [0.1, 0.15) is 35.8 Å². The molecule has 0 unspecified atom stereocenters. The number of nitrogen functional groups attached to an aromatic ring is 1. The molecule has 1 aromatic heterocycles. The highest BCUT2D eigenvalue weighted by Crippen LogP contribution is 2.24. The van der Waals surface area contributed by atoms with Crippen LogP contribution < -0.4 is 21.1 Å². The fourth-order valence-corrected chi connectivity index (χ4v) is 3.25. The third kappa shape index (κ3) is 5.00. The van der Waals surface area contributed by atoms with Gasteiger partial charge in [0.2, 0.25) is 5.91 Å². The summed E-state index contributed by atoms with van der Waals surface area (Å²) in [7, 11) is 3.23. The average Bonchev–Trinajstić information content (AvgIpc) is 2.89. The predicted octanol–water partition coefficient (Wildman–Crippen LogP) is 2.02. The molecule has 9 heteroatoms. The zero-order valence-corrected chi connectivity index (χ0v) is 17.3. The maximum atomic E-state index is 12.4. The van der Waals surface area contributed by atoms with Gasteiger partial charge in [-0.05, 0) is 39.5 Å². The van der Waals surface area contributed by atoms with Gasteiger partial charge in [-0.3, -0.25) is 14.3 Å². The van der Waals surface area contributed by atoms with Crippen molar-refractivity contribution >= 4 is 33.6 Å². The number of halogens is 1. The lowest BCUT2D eigenvalue weighted by molar-refractivity contribution is -0.121. The number of hydrogen-bond acceptors (Lipinski definition) is 5. The molecular weight excluding hydrogens is 414 g/mol. The van der Waals surface area contributed by atoms with Crippen LogP contribution in [0.4, 0.5) is 5.82 Å². The minimum atomic E-state index is -0.465. The Morgan fingerprint density at radius 3 is 2.41 bits per heavy atom. The van der Waals surface area contributed by atoms with E-state index in [1.807, 2.05) is 38.1 Å². The minimum absolute atomic E-state index is 0.168. The van der Waals surface area contributed by atoms with E-state index in [-0.39, 0.29) is 35.8 Å². The summed E-state index contributed by atoms with van der Waals surface area (Å²) < 4.78 is 6.88. The molecule has 4 N–H and O–H groups in total. The van der Waals surface area contributed by atoms with Crippen molar-refractivity contribution in [2.24, 2.45) is 13.0 Å².